The summed E-state index contributed by atoms with van der Waals surface area (Å²) in [6, 6.07) is 2.46. The lowest BCUT2D eigenvalue weighted by Crippen LogP contribution is -2.47. The molecule has 82 valence electrons. The van der Waals surface area contributed by atoms with Crippen LogP contribution in [-0.2, 0) is 0 Å². The van der Waals surface area contributed by atoms with Crippen LogP contribution in [0.5, 0.6) is 0 Å². The van der Waals surface area contributed by atoms with Gasteiger partial charge in [-0.15, -0.1) is 0 Å². The highest BCUT2D eigenvalue weighted by molar-refractivity contribution is 4.91. The lowest BCUT2D eigenvalue weighted by atomic mass is 9.80. The molecule has 2 nitrogen and oxygen atoms in total. The summed E-state index contributed by atoms with van der Waals surface area (Å²) in [6.07, 6.45) is 6.96. The van der Waals surface area contributed by atoms with Crippen molar-refractivity contribution >= 4 is 0 Å². The Hall–Kier alpha value is -0.0800. The summed E-state index contributed by atoms with van der Waals surface area (Å²) in [5.41, 5.74) is 0. The van der Waals surface area contributed by atoms with E-state index in [1.165, 1.54) is 32.1 Å². The maximum Gasteiger partial charge on any atom is 0.0105 e. The second kappa shape index (κ2) is 4.19. The van der Waals surface area contributed by atoms with Crippen LogP contribution in [0.25, 0.3) is 0 Å². The minimum Gasteiger partial charge on any atom is -0.311 e. The van der Waals surface area contributed by atoms with Gasteiger partial charge in [-0.1, -0.05) is 6.92 Å². The summed E-state index contributed by atoms with van der Waals surface area (Å²) in [5.74, 6) is 0.924. The Morgan fingerprint density at radius 2 is 1.86 bits per heavy atom. The number of rotatable bonds is 3. The van der Waals surface area contributed by atoms with Crippen molar-refractivity contribution in [1.82, 2.24) is 10.2 Å². The van der Waals surface area contributed by atoms with Crippen LogP contribution in [0.1, 0.15) is 39.0 Å². The van der Waals surface area contributed by atoms with Crippen LogP contribution in [-0.4, -0.2) is 37.1 Å². The zero-order chi connectivity index (χ0) is 10.1. The summed E-state index contributed by atoms with van der Waals surface area (Å²) in [4.78, 5) is 2.38. The topological polar surface area (TPSA) is 15.3 Å². The Kier molecular flexibility index (Phi) is 3.13. The number of hydrogen-bond acceptors (Lipinski definition) is 2. The molecule has 4 atom stereocenters. The van der Waals surface area contributed by atoms with Gasteiger partial charge in [-0.05, 0) is 52.1 Å². The van der Waals surface area contributed by atoms with Crippen LogP contribution in [0.4, 0.5) is 0 Å². The molecule has 0 heterocycles. The second-order valence-electron chi connectivity index (χ2n) is 5.46. The highest BCUT2D eigenvalue weighted by Crippen LogP contribution is 2.30. The third kappa shape index (κ3) is 2.12. The largest absolute Gasteiger partial charge is 0.311 e. The summed E-state index contributed by atoms with van der Waals surface area (Å²) >= 11 is 0. The van der Waals surface area contributed by atoms with E-state index in [4.69, 9.17) is 0 Å². The van der Waals surface area contributed by atoms with Crippen molar-refractivity contribution in [2.24, 2.45) is 5.92 Å². The van der Waals surface area contributed by atoms with Crippen molar-refractivity contribution in [2.75, 3.05) is 14.1 Å². The number of hydrogen-bond donors (Lipinski definition) is 1. The van der Waals surface area contributed by atoms with Gasteiger partial charge in [-0.3, -0.25) is 0 Å². The van der Waals surface area contributed by atoms with Gasteiger partial charge in [0, 0.05) is 18.1 Å². The molecule has 0 spiro atoms. The van der Waals surface area contributed by atoms with E-state index in [1.54, 1.807) is 0 Å². The van der Waals surface area contributed by atoms with E-state index in [2.05, 4.69) is 31.2 Å². The quantitative estimate of drug-likeness (QED) is 0.741. The molecule has 0 saturated heterocycles. The molecule has 2 aliphatic carbocycles. The first-order valence-electron chi connectivity index (χ1n) is 6.09. The predicted octanol–water partition coefficient (Wildman–Crippen LogP) is 1.86. The fourth-order valence-corrected chi connectivity index (χ4v) is 2.80. The molecule has 0 aromatic heterocycles. The molecule has 0 aliphatic heterocycles. The third-order valence-electron chi connectivity index (χ3n) is 4.20. The molecule has 2 aliphatic rings. The van der Waals surface area contributed by atoms with E-state index in [0.29, 0.717) is 0 Å². The highest BCUT2D eigenvalue weighted by Gasteiger charge is 2.32. The molecule has 0 radical (unpaired) electrons. The molecule has 0 aromatic carbocycles. The van der Waals surface area contributed by atoms with Gasteiger partial charge >= 0.3 is 0 Å². The zero-order valence-electron chi connectivity index (χ0n) is 9.79. The first-order chi connectivity index (χ1) is 6.66. The zero-order valence-corrected chi connectivity index (χ0v) is 9.79. The minimum absolute atomic E-state index is 0.801. The van der Waals surface area contributed by atoms with Crippen LogP contribution in [0.15, 0.2) is 0 Å². The van der Waals surface area contributed by atoms with Gasteiger partial charge in [0.25, 0.3) is 0 Å². The predicted molar refractivity (Wildman–Crippen MR) is 60.4 cm³/mol. The van der Waals surface area contributed by atoms with Crippen molar-refractivity contribution in [3.8, 4) is 0 Å². The average Bonchev–Trinajstić information content (AvgIpc) is 2.60. The van der Waals surface area contributed by atoms with Gasteiger partial charge in [0.15, 0.2) is 0 Å². The standard InChI is InChI=1S/C12H24N2/c1-9-4-7-12(9)13-10-5-6-11(8-10)14(2)3/h9-13H,4-8H2,1-3H3. The Morgan fingerprint density at radius 1 is 1.07 bits per heavy atom. The van der Waals surface area contributed by atoms with E-state index >= 15 is 0 Å². The molecular weight excluding hydrogens is 172 g/mol. The molecule has 2 rings (SSSR count). The summed E-state index contributed by atoms with van der Waals surface area (Å²) in [5, 5.41) is 3.82. The Labute approximate surface area is 88.1 Å². The molecule has 0 bridgehead atoms. The molecule has 0 aromatic rings. The van der Waals surface area contributed by atoms with Crippen LogP contribution in [0, 0.1) is 5.92 Å². The van der Waals surface area contributed by atoms with E-state index < -0.39 is 0 Å². The van der Waals surface area contributed by atoms with E-state index in [1.807, 2.05) is 0 Å². The Balaban J connectivity index is 1.73. The van der Waals surface area contributed by atoms with Crippen molar-refractivity contribution in [2.45, 2.75) is 57.2 Å². The summed E-state index contributed by atoms with van der Waals surface area (Å²) in [7, 11) is 4.41. The fraction of sp³-hybridized carbons (Fsp3) is 1.00. The highest BCUT2D eigenvalue weighted by atomic mass is 15.1. The van der Waals surface area contributed by atoms with Crippen LogP contribution >= 0.6 is 0 Å². The first kappa shape index (κ1) is 10.4. The normalized spacial score (nSPS) is 42.9. The third-order valence-corrected chi connectivity index (χ3v) is 4.20. The van der Waals surface area contributed by atoms with Crippen LogP contribution in [0.3, 0.4) is 0 Å². The van der Waals surface area contributed by atoms with Gasteiger partial charge < -0.3 is 10.2 Å². The summed E-state index contributed by atoms with van der Waals surface area (Å²) in [6.45, 7) is 2.37. The van der Waals surface area contributed by atoms with Crippen LogP contribution < -0.4 is 5.32 Å². The van der Waals surface area contributed by atoms with E-state index in [9.17, 15) is 0 Å². The molecule has 0 amide bonds. The van der Waals surface area contributed by atoms with Gasteiger partial charge in [-0.25, -0.2) is 0 Å². The number of nitrogens with zero attached hydrogens (tertiary/aromatic N) is 1. The monoisotopic (exact) mass is 196 g/mol. The van der Waals surface area contributed by atoms with Gasteiger partial charge in [0.1, 0.15) is 0 Å². The maximum atomic E-state index is 3.82. The SMILES string of the molecule is CC1CCC1NC1CCC(N(C)C)C1. The Morgan fingerprint density at radius 3 is 2.29 bits per heavy atom. The molecule has 2 saturated carbocycles. The van der Waals surface area contributed by atoms with Crippen molar-refractivity contribution < 1.29 is 0 Å². The lowest BCUT2D eigenvalue weighted by Gasteiger charge is -2.37. The summed E-state index contributed by atoms with van der Waals surface area (Å²) < 4.78 is 0. The molecule has 1 N–H and O–H groups in total. The van der Waals surface area contributed by atoms with Crippen molar-refractivity contribution in [3.05, 3.63) is 0 Å². The average molecular weight is 196 g/mol. The lowest BCUT2D eigenvalue weighted by molar-refractivity contribution is 0.205. The Bertz CT molecular complexity index is 191. The number of nitrogens with one attached hydrogen (secondary N) is 1. The minimum atomic E-state index is 0.801. The molecular formula is C12H24N2. The maximum absolute atomic E-state index is 3.82. The van der Waals surface area contributed by atoms with Gasteiger partial charge in [0.2, 0.25) is 0 Å². The van der Waals surface area contributed by atoms with Gasteiger partial charge in [0.05, 0.1) is 0 Å². The smallest absolute Gasteiger partial charge is 0.0105 e. The van der Waals surface area contributed by atoms with Crippen LogP contribution in [0.2, 0.25) is 0 Å². The van der Waals surface area contributed by atoms with Gasteiger partial charge in [-0.2, -0.15) is 0 Å². The molecule has 14 heavy (non-hydrogen) atoms. The molecule has 4 unspecified atom stereocenters. The van der Waals surface area contributed by atoms with E-state index in [0.717, 1.165) is 24.0 Å². The second-order valence-corrected chi connectivity index (χ2v) is 5.46. The fourth-order valence-electron chi connectivity index (χ4n) is 2.80. The first-order valence-corrected chi connectivity index (χ1v) is 6.09. The van der Waals surface area contributed by atoms with Crippen molar-refractivity contribution in [3.63, 3.8) is 0 Å². The molecule has 2 heteroatoms. The molecule has 2 fully saturated rings. The van der Waals surface area contributed by atoms with E-state index in [-0.39, 0.29) is 0 Å². The van der Waals surface area contributed by atoms with Crippen molar-refractivity contribution in [1.29, 1.82) is 0 Å².